The van der Waals surface area contributed by atoms with Crippen molar-refractivity contribution in [3.8, 4) is 5.75 Å². The summed E-state index contributed by atoms with van der Waals surface area (Å²) >= 11 is 1.30. The normalized spacial score (nSPS) is 15.4. The van der Waals surface area contributed by atoms with Gasteiger partial charge in [-0.05, 0) is 34.9 Å². The minimum Gasteiger partial charge on any atom is -0.482 e. The number of imide groups is 1. The van der Waals surface area contributed by atoms with E-state index in [1.54, 1.807) is 48.5 Å². The number of carbonyl (C=O) groups excluding carboxylic acids is 3. The molecular weight excluding hydrogens is 604 g/mol. The van der Waals surface area contributed by atoms with Crippen LogP contribution in [0.4, 0.5) is 8.78 Å². The average molecular weight is 630 g/mol. The maximum absolute atomic E-state index is 15.4. The van der Waals surface area contributed by atoms with Gasteiger partial charge in [-0.2, -0.15) is 0 Å². The Morgan fingerprint density at radius 3 is 2.49 bits per heavy atom. The van der Waals surface area contributed by atoms with Gasteiger partial charge in [0.2, 0.25) is 5.43 Å². The predicted octanol–water partition coefficient (Wildman–Crippen LogP) is 4.95. The van der Waals surface area contributed by atoms with Crippen molar-refractivity contribution in [2.75, 3.05) is 18.8 Å². The number of hydrogen-bond donors (Lipinski definition) is 0. The molecule has 3 aromatic carbocycles. The van der Waals surface area contributed by atoms with Gasteiger partial charge in [0.1, 0.15) is 18.8 Å². The summed E-state index contributed by atoms with van der Waals surface area (Å²) < 4.78 is 42.0. The van der Waals surface area contributed by atoms with Crippen molar-refractivity contribution in [1.82, 2.24) is 9.58 Å². The Hall–Kier alpha value is -5.23. The number of thioether (sulfide) groups is 1. The highest BCUT2D eigenvalue weighted by Crippen LogP contribution is 2.44. The lowest BCUT2D eigenvalue weighted by molar-refractivity contribution is -0.124. The number of amides is 2. The molecule has 0 spiro atoms. The maximum atomic E-state index is 15.4. The molecule has 45 heavy (non-hydrogen) atoms. The summed E-state index contributed by atoms with van der Waals surface area (Å²) in [6.07, 6.45) is 2.10. The van der Waals surface area contributed by atoms with Crippen LogP contribution in [-0.2, 0) is 21.9 Å². The van der Waals surface area contributed by atoms with E-state index in [4.69, 9.17) is 9.47 Å². The highest BCUT2D eigenvalue weighted by atomic mass is 32.2. The Morgan fingerprint density at radius 2 is 1.76 bits per heavy atom. The highest BCUT2D eigenvalue weighted by Gasteiger charge is 2.42. The Bertz CT molecular complexity index is 1930. The first-order chi connectivity index (χ1) is 21.7. The minimum absolute atomic E-state index is 0.0936. The van der Waals surface area contributed by atoms with Crippen LogP contribution >= 0.6 is 11.8 Å². The van der Waals surface area contributed by atoms with E-state index in [2.05, 4.69) is 6.58 Å². The van der Waals surface area contributed by atoms with Gasteiger partial charge in [0.25, 0.3) is 11.8 Å². The number of carbonyl (C=O) groups is 3. The summed E-state index contributed by atoms with van der Waals surface area (Å²) in [6, 6.07) is 17.6. The first kappa shape index (κ1) is 29.8. The molecule has 1 aromatic heterocycles. The van der Waals surface area contributed by atoms with Gasteiger partial charge in [-0.1, -0.05) is 61.2 Å². The van der Waals surface area contributed by atoms with Gasteiger partial charge < -0.3 is 9.47 Å². The maximum Gasteiger partial charge on any atom is 0.343 e. The number of rotatable bonds is 6. The van der Waals surface area contributed by atoms with Gasteiger partial charge >= 0.3 is 5.97 Å². The summed E-state index contributed by atoms with van der Waals surface area (Å²) in [6.45, 7) is 2.97. The lowest BCUT2D eigenvalue weighted by Gasteiger charge is -2.43. The van der Waals surface area contributed by atoms with Gasteiger partial charge in [-0.15, -0.1) is 11.8 Å². The van der Waals surface area contributed by atoms with Crippen molar-refractivity contribution in [2.24, 2.45) is 0 Å². The van der Waals surface area contributed by atoms with Crippen LogP contribution in [0, 0.1) is 11.6 Å². The fourth-order valence-electron chi connectivity index (χ4n) is 5.47. The fraction of sp³-hybridized carbons (Fsp3) is 0.152. The highest BCUT2D eigenvalue weighted by molar-refractivity contribution is 7.98. The third-order valence-corrected chi connectivity index (χ3v) is 8.76. The van der Waals surface area contributed by atoms with E-state index in [-0.39, 0.29) is 23.6 Å². The summed E-state index contributed by atoms with van der Waals surface area (Å²) in [4.78, 5) is 55.4. The molecule has 0 fully saturated rings. The van der Waals surface area contributed by atoms with Crippen molar-refractivity contribution in [1.29, 1.82) is 0 Å². The molecule has 9 nitrogen and oxygen atoms in total. The second kappa shape index (κ2) is 12.0. The molecule has 12 heteroatoms. The molecule has 6 rings (SSSR count). The van der Waals surface area contributed by atoms with E-state index >= 15 is 4.39 Å². The molecule has 3 heterocycles. The Morgan fingerprint density at radius 1 is 1.02 bits per heavy atom. The first-order valence-electron chi connectivity index (χ1n) is 13.7. The molecule has 2 aliphatic heterocycles. The van der Waals surface area contributed by atoms with E-state index in [9.17, 15) is 23.6 Å². The van der Waals surface area contributed by atoms with E-state index in [1.807, 2.05) is 6.07 Å². The molecule has 0 radical (unpaired) electrons. The van der Waals surface area contributed by atoms with Crippen LogP contribution in [0.3, 0.4) is 0 Å². The molecule has 1 unspecified atom stereocenters. The van der Waals surface area contributed by atoms with Gasteiger partial charge in [0, 0.05) is 22.4 Å². The van der Waals surface area contributed by atoms with E-state index in [1.165, 1.54) is 27.5 Å². The number of aromatic nitrogens is 1. The van der Waals surface area contributed by atoms with Crippen LogP contribution < -0.4 is 15.2 Å². The van der Waals surface area contributed by atoms with Crippen LogP contribution in [0.15, 0.2) is 95.3 Å². The predicted molar refractivity (Wildman–Crippen MR) is 161 cm³/mol. The number of halogens is 2. The first-order valence-corrected chi connectivity index (χ1v) is 14.7. The summed E-state index contributed by atoms with van der Waals surface area (Å²) in [5.41, 5.74) is 0.0771. The molecule has 0 aliphatic carbocycles. The third kappa shape index (κ3) is 5.16. The van der Waals surface area contributed by atoms with Crippen molar-refractivity contribution in [3.05, 3.63) is 141 Å². The molecule has 2 aliphatic rings. The summed E-state index contributed by atoms with van der Waals surface area (Å²) in [7, 11) is 1.11. The van der Waals surface area contributed by atoms with Crippen molar-refractivity contribution >= 4 is 29.5 Å². The molecule has 1 atom stereocenters. The number of methoxy groups -OCH3 is 1. The smallest absolute Gasteiger partial charge is 0.343 e. The van der Waals surface area contributed by atoms with Crippen LogP contribution in [0.2, 0.25) is 0 Å². The van der Waals surface area contributed by atoms with Crippen LogP contribution in [0.25, 0.3) is 0 Å². The summed E-state index contributed by atoms with van der Waals surface area (Å²) in [5.74, 6) is -5.06. The molecule has 0 N–H and O–H groups in total. The van der Waals surface area contributed by atoms with E-state index in [0.717, 1.165) is 35.2 Å². The molecule has 4 aromatic rings. The number of benzene rings is 3. The number of hydrogen-bond acceptors (Lipinski definition) is 8. The lowest BCUT2D eigenvalue weighted by atomic mass is 9.93. The molecule has 228 valence electrons. The van der Waals surface area contributed by atoms with Gasteiger partial charge in [-0.3, -0.25) is 29.0 Å². The third-order valence-electron chi connectivity index (χ3n) is 7.64. The van der Waals surface area contributed by atoms with Crippen LogP contribution in [0.1, 0.15) is 49.1 Å². The number of esters is 1. The van der Waals surface area contributed by atoms with Gasteiger partial charge in [0.15, 0.2) is 23.1 Å². The molecule has 2 amide bonds. The number of fused-ring (bicyclic) bond motifs is 3. The molecule has 0 saturated heterocycles. The second-order valence-corrected chi connectivity index (χ2v) is 11.2. The Kier molecular flexibility index (Phi) is 7.98. The Balaban J connectivity index is 1.65. The van der Waals surface area contributed by atoms with Crippen LogP contribution in [0.5, 0.6) is 5.75 Å². The van der Waals surface area contributed by atoms with Gasteiger partial charge in [-0.25, -0.2) is 13.6 Å². The topological polar surface area (TPSA) is 98.2 Å². The average Bonchev–Trinajstić information content (AvgIpc) is 3.23. The largest absolute Gasteiger partial charge is 0.482 e. The van der Waals surface area contributed by atoms with Crippen LogP contribution in [-0.4, -0.2) is 41.1 Å². The fourth-order valence-corrected chi connectivity index (χ4v) is 6.59. The van der Waals surface area contributed by atoms with E-state index < -0.39 is 58.9 Å². The van der Waals surface area contributed by atoms with E-state index in [0.29, 0.717) is 16.7 Å². The monoisotopic (exact) mass is 629 g/mol. The number of nitrogens with zero attached hydrogens (tertiary/aromatic N) is 3. The molecule has 0 bridgehead atoms. The van der Waals surface area contributed by atoms with Crippen molar-refractivity contribution < 1.29 is 32.6 Å². The zero-order valence-corrected chi connectivity index (χ0v) is 24.7. The molecular formula is C33H25F2N3O6S. The number of pyridine rings is 1. The lowest BCUT2D eigenvalue weighted by Crippen LogP contribution is -2.57. The Labute approximate surface area is 260 Å². The minimum atomic E-state index is -1.02. The number of ether oxygens (including phenoxy) is 2. The van der Waals surface area contributed by atoms with Crippen molar-refractivity contribution in [2.45, 2.75) is 23.3 Å². The molecule has 0 saturated carbocycles. The standard InChI is InChI=1S/C33H25F2N3O6S/c1-3-26(39)36-18-38(28-20-13-14-24(34)27(35)23(20)17-45-25-12-8-7-11-21(25)28)37-15-22(33(42)43-2)30(40)31(29(37)32(36)41)44-16-19-9-5-4-6-10-19/h3-15,28H,1,16-18H2,2H3. The SMILES string of the molecule is C=CC(=O)N1CN(C2c3ccccc3SCc3c2ccc(F)c3F)n2cc(C(=O)OC)c(=O)c(OCc3ccccc3)c2C1=O. The van der Waals surface area contributed by atoms with Gasteiger partial charge in [0.05, 0.1) is 13.2 Å². The van der Waals surface area contributed by atoms with Crippen molar-refractivity contribution in [3.63, 3.8) is 0 Å². The quantitative estimate of drug-likeness (QED) is 0.218. The zero-order chi connectivity index (χ0) is 31.8. The summed E-state index contributed by atoms with van der Waals surface area (Å²) in [5, 5.41) is 1.53. The zero-order valence-electron chi connectivity index (χ0n) is 23.9. The second-order valence-electron chi connectivity index (χ2n) is 10.2.